The van der Waals surface area contributed by atoms with E-state index >= 15 is 0 Å². The molecule has 0 atom stereocenters. The first-order valence-electron chi connectivity index (χ1n) is 9.83. The van der Waals surface area contributed by atoms with E-state index in [1.807, 2.05) is 0 Å². The highest BCUT2D eigenvalue weighted by Crippen LogP contribution is 2.35. The molecule has 7 nitrogen and oxygen atoms in total. The zero-order valence-electron chi connectivity index (χ0n) is 17.6. The van der Waals surface area contributed by atoms with E-state index in [2.05, 4.69) is 5.32 Å². The topological polar surface area (TPSA) is 77.1 Å². The predicted molar refractivity (Wildman–Crippen MR) is 117 cm³/mol. The van der Waals surface area contributed by atoms with Gasteiger partial charge in [0.05, 0.1) is 26.5 Å². The summed E-state index contributed by atoms with van der Waals surface area (Å²) in [6.07, 6.45) is 0. The molecule has 1 aliphatic heterocycles. The number of hydrogen-bond donors (Lipinski definition) is 1. The molecule has 1 heterocycles. The molecular formula is C24H21FN2O5. The van der Waals surface area contributed by atoms with E-state index in [-0.39, 0.29) is 30.8 Å². The lowest BCUT2D eigenvalue weighted by molar-refractivity contribution is -0.121. The van der Waals surface area contributed by atoms with Crippen molar-refractivity contribution in [2.45, 2.75) is 6.54 Å². The lowest BCUT2D eigenvalue weighted by Crippen LogP contribution is -2.38. The van der Waals surface area contributed by atoms with Gasteiger partial charge >= 0.3 is 0 Å². The van der Waals surface area contributed by atoms with E-state index in [9.17, 15) is 14.0 Å². The van der Waals surface area contributed by atoms with E-state index in [1.165, 1.54) is 26.4 Å². The Morgan fingerprint density at radius 3 is 2.38 bits per heavy atom. The highest BCUT2D eigenvalue weighted by atomic mass is 19.1. The minimum absolute atomic E-state index is 0.126. The number of nitrogens with one attached hydrogen (secondary N) is 1. The number of fused-ring (bicyclic) bond motifs is 1. The Bertz CT molecular complexity index is 1140. The van der Waals surface area contributed by atoms with Crippen LogP contribution >= 0.6 is 0 Å². The van der Waals surface area contributed by atoms with Crippen LogP contribution in [-0.2, 0) is 11.3 Å². The number of methoxy groups -OCH3 is 2. The second-order valence-corrected chi connectivity index (χ2v) is 7.13. The van der Waals surface area contributed by atoms with Gasteiger partial charge in [-0.3, -0.25) is 9.59 Å². The molecule has 3 aromatic carbocycles. The highest BCUT2D eigenvalue weighted by Gasteiger charge is 2.26. The third-order valence-electron chi connectivity index (χ3n) is 5.03. The first-order chi connectivity index (χ1) is 15.5. The van der Waals surface area contributed by atoms with Crippen LogP contribution < -0.4 is 24.4 Å². The Balaban J connectivity index is 1.55. The maximum Gasteiger partial charge on any atom is 0.265 e. The van der Waals surface area contributed by atoms with Crippen LogP contribution in [-0.4, -0.2) is 32.6 Å². The van der Waals surface area contributed by atoms with Gasteiger partial charge in [0.2, 0.25) is 0 Å². The van der Waals surface area contributed by atoms with Gasteiger partial charge in [0.1, 0.15) is 23.1 Å². The molecule has 8 heteroatoms. The normalized spacial score (nSPS) is 12.6. The summed E-state index contributed by atoms with van der Waals surface area (Å²) < 4.78 is 29.2. The van der Waals surface area contributed by atoms with Gasteiger partial charge in [0, 0.05) is 23.4 Å². The third kappa shape index (κ3) is 4.49. The second-order valence-electron chi connectivity index (χ2n) is 7.13. The highest BCUT2D eigenvalue weighted by molar-refractivity contribution is 6.05. The molecule has 0 radical (unpaired) electrons. The van der Waals surface area contributed by atoms with Crippen molar-refractivity contribution in [3.05, 3.63) is 77.6 Å². The van der Waals surface area contributed by atoms with E-state index in [4.69, 9.17) is 14.2 Å². The molecule has 0 bridgehead atoms. The molecule has 0 fully saturated rings. The van der Waals surface area contributed by atoms with Crippen LogP contribution in [0.2, 0.25) is 0 Å². The van der Waals surface area contributed by atoms with Gasteiger partial charge in [-0.05, 0) is 42.0 Å². The van der Waals surface area contributed by atoms with Crippen LogP contribution in [0.1, 0.15) is 15.9 Å². The fourth-order valence-electron chi connectivity index (χ4n) is 3.37. The molecule has 0 spiro atoms. The van der Waals surface area contributed by atoms with Gasteiger partial charge in [0.15, 0.2) is 6.61 Å². The van der Waals surface area contributed by atoms with Gasteiger partial charge in [-0.2, -0.15) is 0 Å². The van der Waals surface area contributed by atoms with Crippen molar-refractivity contribution in [1.82, 2.24) is 0 Å². The SMILES string of the molecule is COc1cc(OC)cc(C(=O)Nc2ccc3c(c2)OCC(=O)N3Cc2ccc(F)cc2)c1. The fraction of sp³-hybridized carbons (Fsp3) is 0.167. The number of amides is 2. The summed E-state index contributed by atoms with van der Waals surface area (Å²) in [5.41, 5.74) is 2.24. The van der Waals surface area contributed by atoms with Gasteiger partial charge < -0.3 is 24.4 Å². The Kier molecular flexibility index (Phi) is 5.93. The molecule has 0 saturated heterocycles. The van der Waals surface area contributed by atoms with E-state index in [0.717, 1.165) is 5.56 Å². The Hall–Kier alpha value is -4.07. The van der Waals surface area contributed by atoms with Crippen molar-refractivity contribution in [2.24, 2.45) is 0 Å². The molecule has 0 aromatic heterocycles. The molecule has 3 aromatic rings. The standard InChI is InChI=1S/C24H21FN2O5/c1-30-19-9-16(10-20(12-19)31-2)24(29)26-18-7-8-21-22(11-18)32-14-23(28)27(21)13-15-3-5-17(25)6-4-15/h3-12H,13-14H2,1-2H3,(H,26,29). The second kappa shape index (κ2) is 8.97. The summed E-state index contributed by atoms with van der Waals surface area (Å²) in [7, 11) is 3.02. The van der Waals surface area contributed by atoms with E-state index in [0.29, 0.717) is 34.2 Å². The number of rotatable bonds is 6. The maximum absolute atomic E-state index is 13.2. The summed E-state index contributed by atoms with van der Waals surface area (Å²) in [6.45, 7) is 0.156. The molecule has 0 saturated carbocycles. The number of anilines is 2. The van der Waals surface area contributed by atoms with Gasteiger partial charge in [-0.25, -0.2) is 4.39 Å². The van der Waals surface area contributed by atoms with Crippen molar-refractivity contribution in [1.29, 1.82) is 0 Å². The van der Waals surface area contributed by atoms with Crippen molar-refractivity contribution in [3.8, 4) is 17.2 Å². The van der Waals surface area contributed by atoms with Crippen molar-refractivity contribution in [2.75, 3.05) is 31.0 Å². The lowest BCUT2D eigenvalue weighted by Gasteiger charge is -2.29. The first kappa shape index (κ1) is 21.2. The molecule has 2 amide bonds. The van der Waals surface area contributed by atoms with Crippen LogP contribution in [0.25, 0.3) is 0 Å². The molecular weight excluding hydrogens is 415 g/mol. The van der Waals surface area contributed by atoms with Crippen LogP contribution in [0.4, 0.5) is 15.8 Å². The lowest BCUT2D eigenvalue weighted by atomic mass is 10.1. The van der Waals surface area contributed by atoms with Gasteiger partial charge in [-0.15, -0.1) is 0 Å². The summed E-state index contributed by atoms with van der Waals surface area (Å²) in [5, 5.41) is 2.82. The Morgan fingerprint density at radius 2 is 1.72 bits per heavy atom. The summed E-state index contributed by atoms with van der Waals surface area (Å²) in [6, 6.07) is 15.9. The molecule has 1 N–H and O–H groups in total. The molecule has 4 rings (SSSR count). The zero-order valence-corrected chi connectivity index (χ0v) is 17.6. The molecule has 0 aliphatic carbocycles. The van der Waals surface area contributed by atoms with Crippen molar-refractivity contribution >= 4 is 23.2 Å². The minimum atomic E-state index is -0.350. The van der Waals surface area contributed by atoms with Gasteiger partial charge in [-0.1, -0.05) is 12.1 Å². The molecule has 0 unspecified atom stereocenters. The van der Waals surface area contributed by atoms with E-state index < -0.39 is 0 Å². The largest absolute Gasteiger partial charge is 0.497 e. The van der Waals surface area contributed by atoms with Crippen molar-refractivity contribution < 1.29 is 28.2 Å². The summed E-state index contributed by atoms with van der Waals surface area (Å²) in [5.74, 6) is 0.569. The van der Waals surface area contributed by atoms with Crippen LogP contribution in [0.15, 0.2) is 60.7 Å². The average Bonchev–Trinajstić information content (AvgIpc) is 2.81. The van der Waals surface area contributed by atoms with Crippen LogP contribution in [0.3, 0.4) is 0 Å². The monoisotopic (exact) mass is 436 g/mol. The number of carbonyl (C=O) groups is 2. The Morgan fingerprint density at radius 1 is 1.03 bits per heavy atom. The van der Waals surface area contributed by atoms with Crippen LogP contribution in [0, 0.1) is 5.82 Å². The summed E-state index contributed by atoms with van der Waals surface area (Å²) in [4.78, 5) is 26.7. The quantitative estimate of drug-likeness (QED) is 0.632. The number of halogens is 1. The zero-order chi connectivity index (χ0) is 22.7. The fourth-order valence-corrected chi connectivity index (χ4v) is 3.37. The summed E-state index contributed by atoms with van der Waals surface area (Å²) >= 11 is 0. The van der Waals surface area contributed by atoms with Crippen LogP contribution in [0.5, 0.6) is 17.2 Å². The van der Waals surface area contributed by atoms with Gasteiger partial charge in [0.25, 0.3) is 11.8 Å². The molecule has 1 aliphatic rings. The minimum Gasteiger partial charge on any atom is -0.497 e. The average molecular weight is 436 g/mol. The number of carbonyl (C=O) groups excluding carboxylic acids is 2. The first-order valence-corrected chi connectivity index (χ1v) is 9.83. The number of ether oxygens (including phenoxy) is 3. The smallest absolute Gasteiger partial charge is 0.265 e. The molecule has 32 heavy (non-hydrogen) atoms. The molecule has 164 valence electrons. The Labute approximate surface area is 184 Å². The third-order valence-corrected chi connectivity index (χ3v) is 5.03. The number of nitrogens with zero attached hydrogens (tertiary/aromatic N) is 1. The number of benzene rings is 3. The number of hydrogen-bond acceptors (Lipinski definition) is 5. The maximum atomic E-state index is 13.2. The predicted octanol–water partition coefficient (Wildman–Crippen LogP) is 4.02. The van der Waals surface area contributed by atoms with Crippen molar-refractivity contribution in [3.63, 3.8) is 0 Å². The van der Waals surface area contributed by atoms with E-state index in [1.54, 1.807) is 53.4 Å².